The van der Waals surface area contributed by atoms with Gasteiger partial charge in [0.15, 0.2) is 0 Å². The van der Waals surface area contributed by atoms with Gasteiger partial charge in [-0.3, -0.25) is 4.98 Å². The zero-order chi connectivity index (χ0) is 19.6. The van der Waals surface area contributed by atoms with Crippen LogP contribution >= 0.6 is 15.9 Å². The van der Waals surface area contributed by atoms with Gasteiger partial charge in [-0.05, 0) is 43.5 Å². The van der Waals surface area contributed by atoms with E-state index in [1.165, 1.54) is 0 Å². The molecule has 0 fully saturated rings. The van der Waals surface area contributed by atoms with E-state index < -0.39 is 0 Å². The quantitative estimate of drug-likeness (QED) is 0.492. The maximum Gasteiger partial charge on any atom is 0.208 e. The van der Waals surface area contributed by atoms with Crippen LogP contribution in [0.1, 0.15) is 50.3 Å². The fourth-order valence-electron chi connectivity index (χ4n) is 3.63. The number of aryl methyl sites for hydroxylation is 2. The van der Waals surface area contributed by atoms with E-state index >= 15 is 0 Å². The first kappa shape index (κ1) is 19.7. The lowest BCUT2D eigenvalue weighted by molar-refractivity contribution is 0.416. The van der Waals surface area contributed by atoms with E-state index in [1.807, 2.05) is 25.4 Å². The first-order valence-electron chi connectivity index (χ1n) is 9.42. The SMILES string of the molecule is CCCC(CC)c1nccc2nc(Nc3c(C)cc(Br)cc3OC)n(C)c12. The number of pyridine rings is 1. The van der Waals surface area contributed by atoms with E-state index in [0.717, 1.165) is 63.4 Å². The first-order chi connectivity index (χ1) is 13.0. The predicted octanol–water partition coefficient (Wildman–Crippen LogP) is 6.09. The van der Waals surface area contributed by atoms with Crippen molar-refractivity contribution in [2.75, 3.05) is 12.4 Å². The minimum Gasteiger partial charge on any atom is -0.495 e. The number of nitrogens with one attached hydrogen (secondary N) is 1. The average Bonchev–Trinajstić information content (AvgIpc) is 2.97. The fraction of sp³-hybridized carbons (Fsp3) is 0.429. The second-order valence-electron chi connectivity index (χ2n) is 6.88. The third kappa shape index (κ3) is 3.81. The summed E-state index contributed by atoms with van der Waals surface area (Å²) in [4.78, 5) is 9.55. The molecule has 1 unspecified atom stereocenters. The zero-order valence-electron chi connectivity index (χ0n) is 16.6. The number of imidazole rings is 1. The summed E-state index contributed by atoms with van der Waals surface area (Å²) in [5.74, 6) is 2.02. The highest BCUT2D eigenvalue weighted by molar-refractivity contribution is 9.10. The van der Waals surface area contributed by atoms with Gasteiger partial charge in [0.2, 0.25) is 5.95 Å². The van der Waals surface area contributed by atoms with E-state index in [9.17, 15) is 0 Å². The molecular formula is C21H27BrN4O. The van der Waals surface area contributed by atoms with Crippen LogP contribution in [0, 0.1) is 6.92 Å². The number of hydrogen-bond donors (Lipinski definition) is 1. The molecule has 1 N–H and O–H groups in total. The van der Waals surface area contributed by atoms with Crippen molar-refractivity contribution in [1.82, 2.24) is 14.5 Å². The Morgan fingerprint density at radius 3 is 2.74 bits per heavy atom. The van der Waals surface area contributed by atoms with E-state index in [2.05, 4.69) is 52.7 Å². The van der Waals surface area contributed by atoms with Crippen LogP contribution in [0.3, 0.4) is 0 Å². The predicted molar refractivity (Wildman–Crippen MR) is 115 cm³/mol. The van der Waals surface area contributed by atoms with Crippen molar-refractivity contribution in [3.05, 3.63) is 40.1 Å². The summed E-state index contributed by atoms with van der Waals surface area (Å²) < 4.78 is 8.66. The molecule has 0 amide bonds. The Morgan fingerprint density at radius 1 is 1.30 bits per heavy atom. The number of hydrogen-bond acceptors (Lipinski definition) is 4. The zero-order valence-corrected chi connectivity index (χ0v) is 18.2. The molecule has 0 aliphatic heterocycles. The molecule has 27 heavy (non-hydrogen) atoms. The van der Waals surface area contributed by atoms with Crippen LogP contribution in [0.5, 0.6) is 5.75 Å². The molecule has 2 heterocycles. The highest BCUT2D eigenvalue weighted by Gasteiger charge is 2.19. The molecule has 2 aromatic heterocycles. The third-order valence-corrected chi connectivity index (χ3v) is 5.51. The van der Waals surface area contributed by atoms with Gasteiger partial charge in [-0.2, -0.15) is 0 Å². The van der Waals surface area contributed by atoms with Crippen molar-refractivity contribution in [3.8, 4) is 5.75 Å². The van der Waals surface area contributed by atoms with E-state index in [0.29, 0.717) is 5.92 Å². The van der Waals surface area contributed by atoms with Crippen LogP contribution in [0.15, 0.2) is 28.9 Å². The number of benzene rings is 1. The molecule has 1 atom stereocenters. The van der Waals surface area contributed by atoms with Crippen molar-refractivity contribution < 1.29 is 4.74 Å². The summed E-state index contributed by atoms with van der Waals surface area (Å²) in [7, 11) is 3.72. The fourth-order valence-corrected chi connectivity index (χ4v) is 4.18. The number of aromatic nitrogens is 3. The minimum atomic E-state index is 0.450. The number of fused-ring (bicyclic) bond motifs is 1. The van der Waals surface area contributed by atoms with E-state index in [4.69, 9.17) is 14.7 Å². The van der Waals surface area contributed by atoms with Crippen LogP contribution in [0.25, 0.3) is 11.0 Å². The van der Waals surface area contributed by atoms with Gasteiger partial charge in [0, 0.05) is 23.6 Å². The van der Waals surface area contributed by atoms with Crippen molar-refractivity contribution in [2.24, 2.45) is 7.05 Å². The molecule has 0 aliphatic carbocycles. The molecule has 5 nitrogen and oxygen atoms in total. The van der Waals surface area contributed by atoms with Gasteiger partial charge in [-0.25, -0.2) is 4.98 Å². The molecule has 0 aliphatic rings. The minimum absolute atomic E-state index is 0.450. The van der Waals surface area contributed by atoms with Gasteiger partial charge in [0.25, 0.3) is 0 Å². The number of nitrogens with zero attached hydrogens (tertiary/aromatic N) is 3. The highest BCUT2D eigenvalue weighted by atomic mass is 79.9. The van der Waals surface area contributed by atoms with Crippen molar-refractivity contribution in [2.45, 2.75) is 46.0 Å². The second-order valence-corrected chi connectivity index (χ2v) is 7.79. The number of halogens is 1. The molecule has 1 aromatic carbocycles. The standard InChI is InChI=1S/C21H27BrN4O/c1-6-8-14(7-2)19-20-16(9-10-23-19)24-21(26(20)4)25-18-13(3)11-15(22)12-17(18)27-5/h9-12,14H,6-8H2,1-5H3,(H,24,25). The lowest BCUT2D eigenvalue weighted by Gasteiger charge is -2.16. The molecule has 0 saturated heterocycles. The van der Waals surface area contributed by atoms with E-state index in [-0.39, 0.29) is 0 Å². The Bertz CT molecular complexity index is 951. The summed E-state index contributed by atoms with van der Waals surface area (Å²) in [6.07, 6.45) is 5.23. The Balaban J connectivity index is 2.09. The lowest BCUT2D eigenvalue weighted by atomic mass is 9.95. The number of rotatable bonds is 7. The number of ether oxygens (including phenoxy) is 1. The second kappa shape index (κ2) is 8.30. The molecule has 144 valence electrons. The Labute approximate surface area is 169 Å². The van der Waals surface area contributed by atoms with Gasteiger partial charge < -0.3 is 14.6 Å². The van der Waals surface area contributed by atoms with Crippen LogP contribution in [-0.4, -0.2) is 21.6 Å². The summed E-state index contributed by atoms with van der Waals surface area (Å²) in [6, 6.07) is 6.00. The van der Waals surface area contributed by atoms with Gasteiger partial charge in [0.1, 0.15) is 5.75 Å². The third-order valence-electron chi connectivity index (χ3n) is 5.05. The highest BCUT2D eigenvalue weighted by Crippen LogP contribution is 2.36. The molecule has 3 rings (SSSR count). The topological polar surface area (TPSA) is 52.0 Å². The lowest BCUT2D eigenvalue weighted by Crippen LogP contribution is -2.06. The average molecular weight is 431 g/mol. The smallest absolute Gasteiger partial charge is 0.208 e. The normalized spacial score (nSPS) is 12.4. The van der Waals surface area contributed by atoms with Crippen molar-refractivity contribution in [1.29, 1.82) is 0 Å². The molecule has 0 saturated carbocycles. The van der Waals surface area contributed by atoms with E-state index in [1.54, 1.807) is 7.11 Å². The Kier molecular flexibility index (Phi) is 6.05. The summed E-state index contributed by atoms with van der Waals surface area (Å²) in [6.45, 7) is 6.51. The Hall–Kier alpha value is -2.08. The molecule has 0 bridgehead atoms. The summed E-state index contributed by atoms with van der Waals surface area (Å²) >= 11 is 3.53. The molecule has 0 spiro atoms. The maximum atomic E-state index is 5.56. The molecule has 0 radical (unpaired) electrons. The van der Waals surface area contributed by atoms with Gasteiger partial charge in [-0.15, -0.1) is 0 Å². The maximum absolute atomic E-state index is 5.56. The molecular weight excluding hydrogens is 404 g/mol. The summed E-state index contributed by atoms with van der Waals surface area (Å²) in [5.41, 5.74) is 5.22. The van der Waals surface area contributed by atoms with Crippen molar-refractivity contribution >= 4 is 38.6 Å². The van der Waals surface area contributed by atoms with Gasteiger partial charge in [0.05, 0.1) is 29.5 Å². The van der Waals surface area contributed by atoms with Crippen LogP contribution in [-0.2, 0) is 7.05 Å². The van der Waals surface area contributed by atoms with Crippen LogP contribution in [0.4, 0.5) is 11.6 Å². The largest absolute Gasteiger partial charge is 0.495 e. The Morgan fingerprint density at radius 2 is 2.07 bits per heavy atom. The first-order valence-corrected chi connectivity index (χ1v) is 10.2. The van der Waals surface area contributed by atoms with Crippen LogP contribution < -0.4 is 10.1 Å². The summed E-state index contributed by atoms with van der Waals surface area (Å²) in [5, 5.41) is 3.47. The monoisotopic (exact) mass is 430 g/mol. The molecule has 3 aromatic rings. The molecule has 6 heteroatoms. The van der Waals surface area contributed by atoms with Crippen LogP contribution in [0.2, 0.25) is 0 Å². The number of methoxy groups -OCH3 is 1. The van der Waals surface area contributed by atoms with Gasteiger partial charge >= 0.3 is 0 Å². The van der Waals surface area contributed by atoms with Crippen molar-refractivity contribution in [3.63, 3.8) is 0 Å². The number of anilines is 2. The van der Waals surface area contributed by atoms with Gasteiger partial charge in [-0.1, -0.05) is 36.2 Å².